The van der Waals surface area contributed by atoms with E-state index < -0.39 is 44.2 Å². The lowest BCUT2D eigenvalue weighted by molar-refractivity contribution is -0.385. The molecule has 1 atom stereocenters. The molecule has 0 amide bonds. The van der Waals surface area contributed by atoms with Crippen LogP contribution in [0.15, 0.2) is 41.3 Å². The van der Waals surface area contributed by atoms with E-state index in [0.717, 1.165) is 24.3 Å². The summed E-state index contributed by atoms with van der Waals surface area (Å²) in [5, 5.41) is 11.0. The average molecular weight is 472 g/mol. The van der Waals surface area contributed by atoms with Gasteiger partial charge in [-0.15, -0.1) is 12.4 Å². The second kappa shape index (κ2) is 9.69. The summed E-state index contributed by atoms with van der Waals surface area (Å²) < 4.78 is 79.3. The van der Waals surface area contributed by atoms with Crippen molar-refractivity contribution >= 4 is 28.1 Å². The minimum absolute atomic E-state index is 0. The molecule has 166 valence electrons. The fourth-order valence-corrected chi connectivity index (χ4v) is 3.98. The molecule has 2 aromatic rings. The number of nitrogens with zero attached hydrogens (tertiary/aromatic N) is 1. The van der Waals surface area contributed by atoms with Crippen molar-refractivity contribution < 1.29 is 30.9 Å². The van der Waals surface area contributed by atoms with E-state index in [1.165, 1.54) is 6.92 Å². The molecule has 0 radical (unpaired) electrons. The van der Waals surface area contributed by atoms with Crippen molar-refractivity contribution in [1.29, 1.82) is 0 Å². The van der Waals surface area contributed by atoms with Crippen molar-refractivity contribution in [3.63, 3.8) is 0 Å². The van der Waals surface area contributed by atoms with Crippen LogP contribution in [0.3, 0.4) is 0 Å². The topological polar surface area (TPSA) is 115 Å². The summed E-state index contributed by atoms with van der Waals surface area (Å²) in [5.41, 5.74) is 3.93. The molecular weight excluding hydrogens is 454 g/mol. The van der Waals surface area contributed by atoms with Crippen molar-refractivity contribution in [3.05, 3.63) is 69.0 Å². The second-order valence-corrected chi connectivity index (χ2v) is 7.87. The van der Waals surface area contributed by atoms with Gasteiger partial charge in [0.1, 0.15) is 5.82 Å². The first-order valence-corrected chi connectivity index (χ1v) is 9.73. The highest BCUT2D eigenvalue weighted by molar-refractivity contribution is 7.89. The van der Waals surface area contributed by atoms with Crippen LogP contribution < -0.4 is 10.5 Å². The van der Waals surface area contributed by atoms with E-state index in [1.807, 2.05) is 0 Å². The Morgan fingerprint density at radius 3 is 2.37 bits per heavy atom. The van der Waals surface area contributed by atoms with E-state index in [2.05, 4.69) is 4.72 Å². The number of rotatable bonds is 7. The number of halogens is 5. The lowest BCUT2D eigenvalue weighted by Crippen LogP contribution is -2.25. The smallest absolute Gasteiger partial charge is 0.324 e. The summed E-state index contributed by atoms with van der Waals surface area (Å²) in [5.74, 6) is -1.16. The number of non-ortho nitro benzene ring substituents is 1. The second-order valence-electron chi connectivity index (χ2n) is 6.13. The van der Waals surface area contributed by atoms with Crippen LogP contribution in [-0.4, -0.2) is 19.9 Å². The third-order valence-corrected chi connectivity index (χ3v) is 5.64. The SMILES string of the molecule is CCNS(=O)(=O)c1ccc([N+](=O)[O-])cc1C[C@H](N)c1cc(F)cc(C(F)(F)F)c1.Cl. The first-order valence-electron chi connectivity index (χ1n) is 8.25. The zero-order valence-corrected chi connectivity index (χ0v) is 17.1. The summed E-state index contributed by atoms with van der Waals surface area (Å²) in [4.78, 5) is 9.98. The maximum atomic E-state index is 13.6. The molecule has 3 N–H and O–H groups in total. The van der Waals surface area contributed by atoms with Crippen LogP contribution in [0.1, 0.15) is 29.7 Å². The molecular formula is C17H18ClF4N3O4S. The minimum Gasteiger partial charge on any atom is -0.324 e. The Morgan fingerprint density at radius 2 is 1.83 bits per heavy atom. The molecule has 0 aromatic heterocycles. The summed E-state index contributed by atoms with van der Waals surface area (Å²) in [6.45, 7) is 1.57. The van der Waals surface area contributed by atoms with Gasteiger partial charge in [0, 0.05) is 24.7 Å². The Balaban J connectivity index is 0.00000450. The largest absolute Gasteiger partial charge is 0.416 e. The number of nitrogens with two attached hydrogens (primary N) is 1. The molecule has 0 aliphatic carbocycles. The first kappa shape index (κ1) is 25.8. The van der Waals surface area contributed by atoms with Gasteiger partial charge in [-0.3, -0.25) is 10.1 Å². The first-order chi connectivity index (χ1) is 13.3. The minimum atomic E-state index is -4.80. The zero-order valence-electron chi connectivity index (χ0n) is 15.4. The van der Waals surface area contributed by atoms with Gasteiger partial charge in [-0.1, -0.05) is 6.92 Å². The van der Waals surface area contributed by atoms with Crippen molar-refractivity contribution in [3.8, 4) is 0 Å². The van der Waals surface area contributed by atoms with Gasteiger partial charge < -0.3 is 5.73 Å². The van der Waals surface area contributed by atoms with E-state index in [9.17, 15) is 36.1 Å². The van der Waals surface area contributed by atoms with Gasteiger partial charge in [-0.05, 0) is 41.8 Å². The van der Waals surface area contributed by atoms with Gasteiger partial charge in [0.15, 0.2) is 0 Å². The lowest BCUT2D eigenvalue weighted by Gasteiger charge is -2.17. The summed E-state index contributed by atoms with van der Waals surface area (Å²) in [6, 6.07) is 3.51. The predicted octanol–water partition coefficient (Wildman–Crippen LogP) is 3.72. The highest BCUT2D eigenvalue weighted by Gasteiger charge is 2.32. The van der Waals surface area contributed by atoms with E-state index in [-0.39, 0.29) is 41.4 Å². The molecule has 0 saturated carbocycles. The molecule has 0 saturated heterocycles. The van der Waals surface area contributed by atoms with Gasteiger partial charge >= 0.3 is 6.18 Å². The molecule has 0 aliphatic rings. The van der Waals surface area contributed by atoms with E-state index in [0.29, 0.717) is 12.1 Å². The number of hydrogen-bond donors (Lipinski definition) is 2. The van der Waals surface area contributed by atoms with Gasteiger partial charge in [0.25, 0.3) is 5.69 Å². The Bertz CT molecular complexity index is 1030. The van der Waals surface area contributed by atoms with Crippen LogP contribution in [-0.2, 0) is 22.6 Å². The predicted molar refractivity (Wildman–Crippen MR) is 103 cm³/mol. The van der Waals surface area contributed by atoms with Crippen molar-refractivity contribution in [1.82, 2.24) is 4.72 Å². The van der Waals surface area contributed by atoms with E-state index in [4.69, 9.17) is 5.73 Å². The third-order valence-electron chi connectivity index (χ3n) is 3.99. The number of hydrogen-bond acceptors (Lipinski definition) is 5. The molecule has 0 fully saturated rings. The number of alkyl halides is 3. The van der Waals surface area contributed by atoms with Gasteiger partial charge in [-0.2, -0.15) is 13.2 Å². The maximum absolute atomic E-state index is 13.6. The molecule has 0 heterocycles. The standard InChI is InChI=1S/C17H17F4N3O4S.ClH/c1-2-23-29(27,28)16-4-3-14(24(25)26)7-11(16)8-15(22)10-5-12(17(19,20)21)9-13(18)6-10;/h3-7,9,15,23H,2,8,22H2,1H3;1H/t15-;/m0./s1. The Hall–Kier alpha value is -2.28. The summed E-state index contributed by atoms with van der Waals surface area (Å²) in [7, 11) is -4.03. The van der Waals surface area contributed by atoms with Crippen LogP contribution >= 0.6 is 12.4 Å². The average Bonchev–Trinajstić information content (AvgIpc) is 2.60. The van der Waals surface area contributed by atoms with Gasteiger partial charge in [0.2, 0.25) is 10.0 Å². The van der Waals surface area contributed by atoms with Crippen LogP contribution in [0.4, 0.5) is 23.2 Å². The van der Waals surface area contributed by atoms with Crippen LogP contribution in [0.25, 0.3) is 0 Å². The van der Waals surface area contributed by atoms with Crippen molar-refractivity contribution in [2.75, 3.05) is 6.54 Å². The number of nitrogens with one attached hydrogen (secondary N) is 1. The normalized spacial score (nSPS) is 12.9. The van der Waals surface area contributed by atoms with Crippen molar-refractivity contribution in [2.24, 2.45) is 5.73 Å². The number of nitro benzene ring substituents is 1. The fraction of sp³-hybridized carbons (Fsp3) is 0.294. The maximum Gasteiger partial charge on any atom is 0.416 e. The number of sulfonamides is 1. The third kappa shape index (κ3) is 6.11. The number of nitro groups is 1. The Labute approximate surface area is 175 Å². The molecule has 2 rings (SSSR count). The summed E-state index contributed by atoms with van der Waals surface area (Å²) in [6.07, 6.45) is -5.18. The Kier molecular flexibility index (Phi) is 8.32. The highest BCUT2D eigenvalue weighted by Crippen LogP contribution is 2.33. The monoisotopic (exact) mass is 471 g/mol. The Morgan fingerprint density at radius 1 is 1.20 bits per heavy atom. The fourth-order valence-electron chi connectivity index (χ4n) is 2.71. The van der Waals surface area contributed by atoms with Crippen LogP contribution in [0.5, 0.6) is 0 Å². The molecule has 0 unspecified atom stereocenters. The van der Waals surface area contributed by atoms with E-state index >= 15 is 0 Å². The quantitative estimate of drug-likeness (QED) is 0.363. The van der Waals surface area contributed by atoms with Crippen molar-refractivity contribution in [2.45, 2.75) is 30.5 Å². The number of benzene rings is 2. The zero-order chi connectivity index (χ0) is 22.0. The molecule has 0 bridgehead atoms. The van der Waals surface area contributed by atoms with Gasteiger partial charge in [0.05, 0.1) is 15.4 Å². The molecule has 30 heavy (non-hydrogen) atoms. The van der Waals surface area contributed by atoms with Crippen LogP contribution in [0.2, 0.25) is 0 Å². The molecule has 7 nitrogen and oxygen atoms in total. The molecule has 2 aromatic carbocycles. The van der Waals surface area contributed by atoms with Gasteiger partial charge in [-0.25, -0.2) is 17.5 Å². The van der Waals surface area contributed by atoms with Crippen LogP contribution in [0, 0.1) is 15.9 Å². The molecule has 13 heteroatoms. The summed E-state index contributed by atoms with van der Waals surface area (Å²) >= 11 is 0. The molecule has 0 aliphatic heterocycles. The molecule has 0 spiro atoms. The lowest BCUT2D eigenvalue weighted by atomic mass is 9.97. The highest BCUT2D eigenvalue weighted by atomic mass is 35.5. The van der Waals surface area contributed by atoms with E-state index in [1.54, 1.807) is 0 Å².